The summed E-state index contributed by atoms with van der Waals surface area (Å²) in [6.45, 7) is 31.2. The molecule has 1 aliphatic carbocycles. The molecule has 1 aromatic heterocycles. The molecule has 0 saturated heterocycles. The van der Waals surface area contributed by atoms with Gasteiger partial charge in [-0.2, -0.15) is 0 Å². The fourth-order valence-corrected chi connectivity index (χ4v) is 11.0. The van der Waals surface area contributed by atoms with E-state index in [1.165, 1.54) is 88.2 Å². The number of benzene rings is 4. The zero-order chi connectivity index (χ0) is 34.5. The summed E-state index contributed by atoms with van der Waals surface area (Å²) >= 11 is 2.02. The minimum absolute atomic E-state index is 0.0659. The Hall–Kier alpha value is -3.30. The van der Waals surface area contributed by atoms with Crippen LogP contribution in [-0.4, -0.2) is 6.71 Å². The van der Waals surface area contributed by atoms with Gasteiger partial charge in [-0.1, -0.05) is 125 Å². The maximum atomic E-state index is 2.68. The van der Waals surface area contributed by atoms with Crippen LogP contribution in [0.4, 0.5) is 17.1 Å². The summed E-state index contributed by atoms with van der Waals surface area (Å²) < 4.78 is 2.86. The Balaban J connectivity index is 1.50. The van der Waals surface area contributed by atoms with Crippen LogP contribution in [0.15, 0.2) is 66.7 Å². The second-order valence-electron chi connectivity index (χ2n) is 19.1. The van der Waals surface area contributed by atoms with E-state index in [4.69, 9.17) is 0 Å². The molecule has 8 rings (SSSR count). The SMILES string of the molecule is Cc1cc2c3c(c1)C(C)(C)c1ccc(C(C)(C)C)cc1B3c1sc3ccc(C(C)(C)C)cc3c1N2c1ccc2c(c1)C(C)(C)CC2(C)C. The van der Waals surface area contributed by atoms with Crippen LogP contribution in [0, 0.1) is 6.92 Å². The summed E-state index contributed by atoms with van der Waals surface area (Å²) in [7, 11) is 0. The Morgan fingerprint density at radius 2 is 1.29 bits per heavy atom. The standard InChI is InChI=1S/C45H52BNS/c1-26-20-34-38-36(21-26)47(29-16-18-31-33(24-29)44(10,11)25-43(31,8)9)39-30-22-27(41(2,3)4)15-19-37(30)48-40(39)46(38)35-23-28(42(5,6)7)14-17-32(35)45(34,12)13/h14-24H,25H2,1-13H3. The molecule has 3 aliphatic rings. The van der Waals surface area contributed by atoms with Gasteiger partial charge in [0.25, 0.3) is 6.71 Å². The molecule has 2 aliphatic heterocycles. The number of thiophene rings is 1. The number of hydrogen-bond donors (Lipinski definition) is 0. The molecule has 5 aromatic rings. The van der Waals surface area contributed by atoms with Crippen molar-refractivity contribution in [2.24, 2.45) is 0 Å². The van der Waals surface area contributed by atoms with Crippen molar-refractivity contribution < 1.29 is 0 Å². The van der Waals surface area contributed by atoms with Crippen LogP contribution in [0.5, 0.6) is 0 Å². The summed E-state index contributed by atoms with van der Waals surface area (Å²) in [5, 5.41) is 1.38. The van der Waals surface area contributed by atoms with E-state index in [1.54, 1.807) is 0 Å². The molecule has 1 nitrogen and oxygen atoms in total. The lowest BCUT2D eigenvalue weighted by Gasteiger charge is -2.45. The minimum atomic E-state index is -0.110. The van der Waals surface area contributed by atoms with E-state index < -0.39 is 0 Å². The van der Waals surface area contributed by atoms with Crippen molar-refractivity contribution in [3.05, 3.63) is 106 Å². The molecule has 0 saturated carbocycles. The molecule has 4 aromatic carbocycles. The monoisotopic (exact) mass is 649 g/mol. The molecule has 246 valence electrons. The van der Waals surface area contributed by atoms with E-state index in [9.17, 15) is 0 Å². The maximum absolute atomic E-state index is 2.68. The second-order valence-corrected chi connectivity index (χ2v) is 20.2. The Morgan fingerprint density at radius 3 is 1.98 bits per heavy atom. The molecule has 0 spiro atoms. The van der Waals surface area contributed by atoms with Crippen molar-refractivity contribution in [1.82, 2.24) is 0 Å². The lowest BCUT2D eigenvalue weighted by molar-refractivity contribution is 0.403. The van der Waals surface area contributed by atoms with Gasteiger partial charge < -0.3 is 4.90 Å². The first-order chi connectivity index (χ1) is 22.2. The van der Waals surface area contributed by atoms with Gasteiger partial charge in [0.05, 0.1) is 5.69 Å². The first kappa shape index (κ1) is 31.9. The predicted molar refractivity (Wildman–Crippen MR) is 213 cm³/mol. The van der Waals surface area contributed by atoms with Gasteiger partial charge in [0.1, 0.15) is 0 Å². The van der Waals surface area contributed by atoms with E-state index >= 15 is 0 Å². The summed E-state index contributed by atoms with van der Waals surface area (Å²) in [5.41, 5.74) is 17.5. The van der Waals surface area contributed by atoms with Crippen LogP contribution < -0.4 is 20.6 Å². The molecule has 0 radical (unpaired) electrons. The molecule has 0 bridgehead atoms. The predicted octanol–water partition coefficient (Wildman–Crippen LogP) is 10.7. The normalized spacial score (nSPS) is 18.4. The van der Waals surface area contributed by atoms with Crippen molar-refractivity contribution in [2.45, 2.75) is 124 Å². The molecule has 0 fully saturated rings. The van der Waals surface area contributed by atoms with Crippen LogP contribution in [-0.2, 0) is 27.1 Å². The van der Waals surface area contributed by atoms with Crippen LogP contribution >= 0.6 is 11.3 Å². The van der Waals surface area contributed by atoms with Gasteiger partial charge in [-0.3, -0.25) is 0 Å². The Kier molecular flexibility index (Phi) is 6.45. The molecule has 0 atom stereocenters. The highest BCUT2D eigenvalue weighted by atomic mass is 32.1. The van der Waals surface area contributed by atoms with Gasteiger partial charge in [-0.05, 0) is 110 Å². The quantitative estimate of drug-likeness (QED) is 0.160. The van der Waals surface area contributed by atoms with Crippen molar-refractivity contribution in [3.63, 3.8) is 0 Å². The largest absolute Gasteiger partial charge is 0.310 e. The van der Waals surface area contributed by atoms with Crippen molar-refractivity contribution in [1.29, 1.82) is 0 Å². The van der Waals surface area contributed by atoms with E-state index in [2.05, 4.69) is 162 Å². The Labute approximate surface area is 293 Å². The third-order valence-corrected chi connectivity index (χ3v) is 13.3. The number of hydrogen-bond acceptors (Lipinski definition) is 2. The molecule has 0 amide bonds. The van der Waals surface area contributed by atoms with Gasteiger partial charge in [0.2, 0.25) is 0 Å². The third kappa shape index (κ3) is 4.42. The third-order valence-electron chi connectivity index (χ3n) is 12.1. The van der Waals surface area contributed by atoms with Crippen molar-refractivity contribution in [3.8, 4) is 0 Å². The second kappa shape index (κ2) is 9.69. The number of nitrogens with zero attached hydrogens (tertiary/aromatic N) is 1. The number of aryl methyl sites for hydroxylation is 1. The van der Waals surface area contributed by atoms with Crippen molar-refractivity contribution >= 4 is 60.9 Å². The van der Waals surface area contributed by atoms with Crippen LogP contribution in [0.2, 0.25) is 0 Å². The first-order valence-electron chi connectivity index (χ1n) is 18.0. The topological polar surface area (TPSA) is 3.24 Å². The molecule has 0 unspecified atom stereocenters. The summed E-state index contributed by atoms with van der Waals surface area (Å²) in [6, 6.07) is 27.1. The van der Waals surface area contributed by atoms with Gasteiger partial charge in [-0.15, -0.1) is 11.3 Å². The number of anilines is 3. The zero-order valence-corrected chi connectivity index (χ0v) is 32.3. The summed E-state index contributed by atoms with van der Waals surface area (Å²) in [6.07, 6.45) is 1.17. The molecular formula is C45H52BNS. The van der Waals surface area contributed by atoms with E-state index in [1.807, 2.05) is 11.3 Å². The highest BCUT2D eigenvalue weighted by Crippen LogP contribution is 2.53. The van der Waals surface area contributed by atoms with Crippen LogP contribution in [0.1, 0.15) is 128 Å². The van der Waals surface area contributed by atoms with E-state index in [0.29, 0.717) is 0 Å². The molecule has 3 heterocycles. The fourth-order valence-electron chi connectivity index (χ4n) is 9.70. The highest BCUT2D eigenvalue weighted by molar-refractivity contribution is 7.33. The average Bonchev–Trinajstić information content (AvgIpc) is 3.43. The van der Waals surface area contributed by atoms with Crippen LogP contribution in [0.3, 0.4) is 0 Å². The highest BCUT2D eigenvalue weighted by Gasteiger charge is 2.49. The zero-order valence-electron chi connectivity index (χ0n) is 31.5. The number of rotatable bonds is 1. The first-order valence-corrected chi connectivity index (χ1v) is 18.8. The molecule has 0 N–H and O–H groups in total. The van der Waals surface area contributed by atoms with Crippen LogP contribution in [0.25, 0.3) is 10.1 Å². The average molecular weight is 650 g/mol. The molecular weight excluding hydrogens is 597 g/mol. The van der Waals surface area contributed by atoms with Gasteiger partial charge in [-0.25, -0.2) is 0 Å². The maximum Gasteiger partial charge on any atom is 0.260 e. The number of fused-ring (bicyclic) bond motifs is 7. The molecule has 3 heteroatoms. The summed E-state index contributed by atoms with van der Waals surface area (Å²) in [5.74, 6) is 0. The minimum Gasteiger partial charge on any atom is -0.310 e. The van der Waals surface area contributed by atoms with Gasteiger partial charge in [0.15, 0.2) is 0 Å². The lowest BCUT2D eigenvalue weighted by Crippen LogP contribution is -2.63. The van der Waals surface area contributed by atoms with E-state index in [-0.39, 0.29) is 33.8 Å². The Bertz CT molecular complexity index is 2180. The smallest absolute Gasteiger partial charge is 0.260 e. The van der Waals surface area contributed by atoms with Crippen molar-refractivity contribution in [2.75, 3.05) is 4.90 Å². The summed E-state index contributed by atoms with van der Waals surface area (Å²) in [4.78, 5) is 2.68. The lowest BCUT2D eigenvalue weighted by atomic mass is 9.32. The van der Waals surface area contributed by atoms with Gasteiger partial charge in [0, 0.05) is 31.7 Å². The Morgan fingerprint density at radius 1 is 0.667 bits per heavy atom. The molecule has 48 heavy (non-hydrogen) atoms. The van der Waals surface area contributed by atoms with E-state index in [0.717, 1.165) is 0 Å². The fraction of sp³-hybridized carbons (Fsp3) is 0.422. The van der Waals surface area contributed by atoms with Gasteiger partial charge >= 0.3 is 0 Å².